The van der Waals surface area contributed by atoms with Crippen LogP contribution in [-0.4, -0.2) is 19.6 Å². The number of H-pyrrole nitrogens is 1. The molecule has 0 spiro atoms. The maximum absolute atomic E-state index is 5.26. The molecule has 2 rings (SSSR count). The third-order valence-electron chi connectivity index (χ3n) is 2.33. The Morgan fingerprint density at radius 3 is 2.93 bits per heavy atom. The van der Waals surface area contributed by atoms with Crippen molar-refractivity contribution in [1.82, 2.24) is 19.6 Å². The maximum atomic E-state index is 5.26. The van der Waals surface area contributed by atoms with Crippen LogP contribution < -0.4 is 0 Å². The van der Waals surface area contributed by atoms with E-state index in [2.05, 4.69) is 17.1 Å². The molecular formula is C10H14N4S. The molecule has 0 bridgehead atoms. The molecule has 0 radical (unpaired) electrons. The molecule has 2 heterocycles. The van der Waals surface area contributed by atoms with Crippen LogP contribution in [0.4, 0.5) is 0 Å². The van der Waals surface area contributed by atoms with Crippen molar-refractivity contribution in [2.24, 2.45) is 7.05 Å². The van der Waals surface area contributed by atoms with E-state index in [9.17, 15) is 0 Å². The first-order valence-corrected chi connectivity index (χ1v) is 5.41. The van der Waals surface area contributed by atoms with Gasteiger partial charge in [0.1, 0.15) is 4.64 Å². The Balaban J connectivity index is 2.43. The first-order valence-electron chi connectivity index (χ1n) is 5.00. The Hall–Kier alpha value is -1.36. The van der Waals surface area contributed by atoms with Crippen LogP contribution in [0, 0.1) is 4.64 Å². The average molecular weight is 222 g/mol. The lowest BCUT2D eigenvalue weighted by Crippen LogP contribution is -1.99. The van der Waals surface area contributed by atoms with Crippen LogP contribution in [0.5, 0.6) is 0 Å². The number of nitrogens with one attached hydrogen (secondary N) is 1. The molecule has 2 aromatic heterocycles. The second-order valence-corrected chi connectivity index (χ2v) is 3.92. The van der Waals surface area contributed by atoms with E-state index in [4.69, 9.17) is 12.2 Å². The topological polar surface area (TPSA) is 38.5 Å². The smallest absolute Gasteiger partial charge is 0.122 e. The molecule has 5 heteroatoms. The van der Waals surface area contributed by atoms with Gasteiger partial charge in [-0.3, -0.25) is 14.5 Å². The first kappa shape index (κ1) is 10.2. The van der Waals surface area contributed by atoms with Crippen molar-refractivity contribution in [2.45, 2.75) is 19.9 Å². The highest BCUT2D eigenvalue weighted by Crippen LogP contribution is 2.16. The summed E-state index contributed by atoms with van der Waals surface area (Å²) in [4.78, 5) is 0. The molecule has 0 fully saturated rings. The number of aryl methyl sites for hydroxylation is 2. The Kier molecular flexibility index (Phi) is 2.73. The average Bonchev–Trinajstić information content (AvgIpc) is 2.75. The molecule has 4 nitrogen and oxygen atoms in total. The van der Waals surface area contributed by atoms with Gasteiger partial charge < -0.3 is 0 Å². The van der Waals surface area contributed by atoms with E-state index in [1.165, 1.54) is 0 Å². The fourth-order valence-electron chi connectivity index (χ4n) is 1.59. The summed E-state index contributed by atoms with van der Waals surface area (Å²) in [5, 5.41) is 7.41. The van der Waals surface area contributed by atoms with Crippen molar-refractivity contribution in [3.63, 3.8) is 0 Å². The molecular weight excluding hydrogens is 208 g/mol. The Morgan fingerprint density at radius 1 is 1.53 bits per heavy atom. The lowest BCUT2D eigenvalue weighted by molar-refractivity contribution is 0.596. The van der Waals surface area contributed by atoms with Gasteiger partial charge in [0.15, 0.2) is 0 Å². The number of hydrogen-bond acceptors (Lipinski definition) is 2. The third-order valence-corrected chi connectivity index (χ3v) is 2.67. The van der Waals surface area contributed by atoms with E-state index in [1.54, 1.807) is 6.20 Å². The zero-order chi connectivity index (χ0) is 10.8. The minimum absolute atomic E-state index is 0.841. The van der Waals surface area contributed by atoms with Gasteiger partial charge in [-0.1, -0.05) is 19.1 Å². The molecule has 0 saturated carbocycles. The zero-order valence-corrected chi connectivity index (χ0v) is 9.71. The van der Waals surface area contributed by atoms with Crippen LogP contribution in [0.3, 0.4) is 0 Å². The van der Waals surface area contributed by atoms with Crippen LogP contribution in [-0.2, 0) is 13.6 Å². The standard InChI is InChI=1S/C10H14N4S/c1-3-6-14-10(15)7-8(12-14)9-4-5-11-13(9)2/h4-5,7,12H,3,6H2,1-2H3. The minimum atomic E-state index is 0.841. The van der Waals surface area contributed by atoms with E-state index in [0.717, 1.165) is 29.0 Å². The van der Waals surface area contributed by atoms with E-state index < -0.39 is 0 Å². The molecule has 0 aliphatic heterocycles. The molecule has 0 aliphatic rings. The highest BCUT2D eigenvalue weighted by atomic mass is 32.1. The Bertz CT molecular complexity index is 505. The largest absolute Gasteiger partial charge is 0.295 e. The molecule has 80 valence electrons. The maximum Gasteiger partial charge on any atom is 0.122 e. The van der Waals surface area contributed by atoms with Crippen molar-refractivity contribution in [3.8, 4) is 11.4 Å². The minimum Gasteiger partial charge on any atom is -0.295 e. The lowest BCUT2D eigenvalue weighted by atomic mass is 10.3. The SMILES string of the molecule is CCCn1[nH]c(-c2ccnn2C)cc1=S. The van der Waals surface area contributed by atoms with Gasteiger partial charge in [0.05, 0.1) is 11.4 Å². The number of rotatable bonds is 3. The molecule has 15 heavy (non-hydrogen) atoms. The van der Waals surface area contributed by atoms with Crippen molar-refractivity contribution in [2.75, 3.05) is 0 Å². The fraction of sp³-hybridized carbons (Fsp3) is 0.400. The Morgan fingerprint density at radius 2 is 2.33 bits per heavy atom. The molecule has 0 saturated heterocycles. The quantitative estimate of drug-likeness (QED) is 0.810. The summed E-state index contributed by atoms with van der Waals surface area (Å²) in [5.41, 5.74) is 2.07. The summed E-state index contributed by atoms with van der Waals surface area (Å²) in [5.74, 6) is 0. The van der Waals surface area contributed by atoms with Crippen LogP contribution in [0.15, 0.2) is 18.3 Å². The van der Waals surface area contributed by atoms with Crippen molar-refractivity contribution < 1.29 is 0 Å². The van der Waals surface area contributed by atoms with E-state index in [1.807, 2.05) is 28.5 Å². The summed E-state index contributed by atoms with van der Waals surface area (Å²) in [7, 11) is 1.92. The van der Waals surface area contributed by atoms with E-state index in [0.29, 0.717) is 0 Å². The van der Waals surface area contributed by atoms with Crippen LogP contribution >= 0.6 is 12.2 Å². The van der Waals surface area contributed by atoms with Gasteiger partial charge in [0.25, 0.3) is 0 Å². The van der Waals surface area contributed by atoms with Gasteiger partial charge in [0, 0.05) is 25.9 Å². The lowest BCUT2D eigenvalue weighted by Gasteiger charge is -2.00. The molecule has 2 aromatic rings. The number of hydrogen-bond donors (Lipinski definition) is 1. The van der Waals surface area contributed by atoms with Gasteiger partial charge in [0.2, 0.25) is 0 Å². The Labute approximate surface area is 93.5 Å². The van der Waals surface area contributed by atoms with Gasteiger partial charge in [-0.2, -0.15) is 5.10 Å². The number of aromatic nitrogens is 4. The second-order valence-electron chi connectivity index (χ2n) is 3.50. The molecule has 0 aliphatic carbocycles. The number of aromatic amines is 1. The monoisotopic (exact) mass is 222 g/mol. The predicted molar refractivity (Wildman–Crippen MR) is 62.1 cm³/mol. The summed E-state index contributed by atoms with van der Waals surface area (Å²) >= 11 is 5.26. The highest BCUT2D eigenvalue weighted by Gasteiger charge is 2.05. The molecule has 0 unspecified atom stereocenters. The van der Waals surface area contributed by atoms with Crippen molar-refractivity contribution in [1.29, 1.82) is 0 Å². The summed E-state index contributed by atoms with van der Waals surface area (Å²) < 4.78 is 4.65. The third kappa shape index (κ3) is 1.87. The van der Waals surface area contributed by atoms with Gasteiger partial charge in [-0.15, -0.1) is 0 Å². The zero-order valence-electron chi connectivity index (χ0n) is 8.90. The molecule has 0 amide bonds. The van der Waals surface area contributed by atoms with Crippen LogP contribution in [0.2, 0.25) is 0 Å². The van der Waals surface area contributed by atoms with E-state index in [-0.39, 0.29) is 0 Å². The molecule has 0 aromatic carbocycles. The first-order chi connectivity index (χ1) is 7.22. The predicted octanol–water partition coefficient (Wildman–Crippen LogP) is 2.36. The van der Waals surface area contributed by atoms with Crippen molar-refractivity contribution in [3.05, 3.63) is 23.0 Å². The van der Waals surface area contributed by atoms with Gasteiger partial charge >= 0.3 is 0 Å². The normalized spacial score (nSPS) is 10.8. The van der Waals surface area contributed by atoms with Crippen molar-refractivity contribution >= 4 is 12.2 Å². The molecule has 0 atom stereocenters. The summed E-state index contributed by atoms with van der Waals surface area (Å²) in [6.07, 6.45) is 2.85. The summed E-state index contributed by atoms with van der Waals surface area (Å²) in [6.45, 7) is 3.06. The molecule has 1 N–H and O–H groups in total. The highest BCUT2D eigenvalue weighted by molar-refractivity contribution is 7.71. The van der Waals surface area contributed by atoms with E-state index >= 15 is 0 Å². The summed E-state index contributed by atoms with van der Waals surface area (Å²) in [6, 6.07) is 3.94. The fourth-order valence-corrected chi connectivity index (χ4v) is 1.85. The van der Waals surface area contributed by atoms with Crippen LogP contribution in [0.25, 0.3) is 11.4 Å². The number of nitrogens with zero attached hydrogens (tertiary/aromatic N) is 3. The second kappa shape index (κ2) is 4.02. The van der Waals surface area contributed by atoms with Gasteiger partial charge in [-0.05, 0) is 12.5 Å². The van der Waals surface area contributed by atoms with Crippen LogP contribution in [0.1, 0.15) is 13.3 Å². The van der Waals surface area contributed by atoms with Gasteiger partial charge in [-0.25, -0.2) is 0 Å².